The largest absolute Gasteiger partial charge is 0.461 e. The Morgan fingerprint density at radius 2 is 1.82 bits per heavy atom. The molecule has 0 unspecified atom stereocenters. The number of imide groups is 1. The Morgan fingerprint density at radius 1 is 1.14 bits per heavy atom. The summed E-state index contributed by atoms with van der Waals surface area (Å²) in [6.45, 7) is 5.72. The van der Waals surface area contributed by atoms with E-state index in [1.165, 1.54) is 4.90 Å². The minimum absolute atomic E-state index is 0.000356. The smallest absolute Gasteiger partial charge is 0.309 e. The molecule has 1 aliphatic heterocycles. The molecule has 28 heavy (non-hydrogen) atoms. The van der Waals surface area contributed by atoms with Crippen molar-refractivity contribution in [2.45, 2.75) is 58.7 Å². The predicted molar refractivity (Wildman–Crippen MR) is 101 cm³/mol. The number of rotatable bonds is 8. The van der Waals surface area contributed by atoms with Gasteiger partial charge in [-0.1, -0.05) is 30.3 Å². The zero-order valence-corrected chi connectivity index (χ0v) is 16.6. The van der Waals surface area contributed by atoms with Crippen molar-refractivity contribution in [2.75, 3.05) is 6.54 Å². The molecule has 0 saturated carbocycles. The molecule has 7 nitrogen and oxygen atoms in total. The molecule has 2 amide bonds. The Bertz CT molecular complexity index is 722. The lowest BCUT2D eigenvalue weighted by Crippen LogP contribution is -2.47. The third kappa shape index (κ3) is 6.79. The van der Waals surface area contributed by atoms with Gasteiger partial charge in [-0.05, 0) is 32.8 Å². The summed E-state index contributed by atoms with van der Waals surface area (Å²) >= 11 is 0. The number of hydrogen-bond donors (Lipinski definition) is 0. The van der Waals surface area contributed by atoms with Crippen molar-refractivity contribution in [1.29, 1.82) is 0 Å². The second-order valence-corrected chi connectivity index (χ2v) is 7.81. The van der Waals surface area contributed by atoms with Crippen LogP contribution in [0.3, 0.4) is 0 Å². The van der Waals surface area contributed by atoms with Gasteiger partial charge in [0.2, 0.25) is 11.8 Å². The van der Waals surface area contributed by atoms with Gasteiger partial charge >= 0.3 is 11.9 Å². The number of ether oxygens (including phenoxy) is 2. The maximum atomic E-state index is 12.5. The normalized spacial score (nSPS) is 14.8. The summed E-state index contributed by atoms with van der Waals surface area (Å²) < 4.78 is 10.6. The van der Waals surface area contributed by atoms with Crippen molar-refractivity contribution in [3.8, 4) is 0 Å². The van der Waals surface area contributed by atoms with Crippen molar-refractivity contribution in [1.82, 2.24) is 4.90 Å². The van der Waals surface area contributed by atoms with Gasteiger partial charge in [-0.3, -0.25) is 24.1 Å². The van der Waals surface area contributed by atoms with Gasteiger partial charge in [0.05, 0.1) is 12.3 Å². The van der Waals surface area contributed by atoms with Gasteiger partial charge in [0.1, 0.15) is 12.2 Å². The van der Waals surface area contributed by atoms with Gasteiger partial charge < -0.3 is 9.47 Å². The Kier molecular flexibility index (Phi) is 7.31. The lowest BCUT2D eigenvalue weighted by Gasteiger charge is -2.29. The molecular weight excluding hydrogens is 362 g/mol. The van der Waals surface area contributed by atoms with E-state index in [4.69, 9.17) is 9.47 Å². The topological polar surface area (TPSA) is 90.0 Å². The number of carbonyl (C=O) groups is 4. The molecule has 1 saturated heterocycles. The van der Waals surface area contributed by atoms with Crippen LogP contribution in [-0.2, 0) is 35.3 Å². The van der Waals surface area contributed by atoms with Crippen LogP contribution in [0.5, 0.6) is 0 Å². The molecule has 1 aromatic carbocycles. The standard InChI is InChI=1S/C21H27NO6/c1-21(2,3)28-19(25)13-16(9-10-17(23)22-12-11-18(22)24)20(26)27-14-15-7-5-4-6-8-15/h4-8,16H,9-14H2,1-3H3/t16-/m1/s1. The van der Waals surface area contributed by atoms with Crippen LogP contribution in [0, 0.1) is 5.92 Å². The van der Waals surface area contributed by atoms with Crippen LogP contribution in [-0.4, -0.2) is 40.8 Å². The Hall–Kier alpha value is -2.70. The van der Waals surface area contributed by atoms with Crippen molar-refractivity contribution < 1.29 is 28.7 Å². The van der Waals surface area contributed by atoms with Crippen LogP contribution in [0.15, 0.2) is 30.3 Å². The number of β-lactam (4-membered cyclic amide) rings is 1. The number of amides is 2. The lowest BCUT2D eigenvalue weighted by molar-refractivity contribution is -0.163. The molecule has 2 rings (SSSR count). The van der Waals surface area contributed by atoms with Crippen LogP contribution >= 0.6 is 0 Å². The Morgan fingerprint density at radius 3 is 2.36 bits per heavy atom. The fourth-order valence-electron chi connectivity index (χ4n) is 2.75. The van der Waals surface area contributed by atoms with Gasteiger partial charge in [0.25, 0.3) is 0 Å². The number of carbonyl (C=O) groups excluding carboxylic acids is 4. The molecule has 0 N–H and O–H groups in total. The quantitative estimate of drug-likeness (QED) is 0.501. The minimum atomic E-state index is -0.807. The molecule has 1 atom stereocenters. The first-order valence-electron chi connectivity index (χ1n) is 9.41. The molecule has 1 aromatic rings. The third-order valence-electron chi connectivity index (χ3n) is 4.25. The first-order valence-corrected chi connectivity index (χ1v) is 9.41. The van der Waals surface area contributed by atoms with E-state index >= 15 is 0 Å². The minimum Gasteiger partial charge on any atom is -0.461 e. The zero-order chi connectivity index (χ0) is 20.7. The van der Waals surface area contributed by atoms with Crippen LogP contribution in [0.25, 0.3) is 0 Å². The summed E-state index contributed by atoms with van der Waals surface area (Å²) in [6.07, 6.45) is 0.313. The van der Waals surface area contributed by atoms with Gasteiger partial charge in [0, 0.05) is 19.4 Å². The van der Waals surface area contributed by atoms with Crippen LogP contribution in [0.1, 0.15) is 52.0 Å². The zero-order valence-electron chi connectivity index (χ0n) is 16.6. The van der Waals surface area contributed by atoms with Gasteiger partial charge in [-0.25, -0.2) is 0 Å². The van der Waals surface area contributed by atoms with Gasteiger partial charge in [0.15, 0.2) is 0 Å². The summed E-state index contributed by atoms with van der Waals surface area (Å²) in [5, 5.41) is 0. The van der Waals surface area contributed by atoms with E-state index < -0.39 is 23.5 Å². The first-order chi connectivity index (χ1) is 13.2. The molecule has 0 spiro atoms. The summed E-state index contributed by atoms with van der Waals surface area (Å²) in [5.74, 6) is -2.43. The average Bonchev–Trinajstić information content (AvgIpc) is 2.61. The molecule has 152 valence electrons. The molecule has 1 fully saturated rings. The van der Waals surface area contributed by atoms with E-state index in [9.17, 15) is 19.2 Å². The van der Waals surface area contributed by atoms with E-state index in [1.54, 1.807) is 20.8 Å². The van der Waals surface area contributed by atoms with Gasteiger partial charge in [-0.2, -0.15) is 0 Å². The van der Waals surface area contributed by atoms with E-state index in [2.05, 4.69) is 0 Å². The molecule has 0 bridgehead atoms. The molecule has 7 heteroatoms. The highest BCUT2D eigenvalue weighted by Crippen LogP contribution is 2.20. The number of likely N-dealkylation sites (tertiary alicyclic amines) is 1. The molecule has 0 aliphatic carbocycles. The number of nitrogens with zero attached hydrogens (tertiary/aromatic N) is 1. The molecule has 0 aromatic heterocycles. The van der Waals surface area contributed by atoms with Crippen molar-refractivity contribution in [3.05, 3.63) is 35.9 Å². The second kappa shape index (κ2) is 9.48. The Balaban J connectivity index is 1.95. The fourth-order valence-corrected chi connectivity index (χ4v) is 2.75. The van der Waals surface area contributed by atoms with E-state index in [1.807, 2.05) is 30.3 Å². The highest BCUT2D eigenvalue weighted by atomic mass is 16.6. The molecular formula is C21H27NO6. The fraction of sp³-hybridized carbons (Fsp3) is 0.524. The first kappa shape index (κ1) is 21.6. The van der Waals surface area contributed by atoms with Crippen molar-refractivity contribution >= 4 is 23.8 Å². The summed E-state index contributed by atoms with van der Waals surface area (Å²) in [4.78, 5) is 49.3. The molecule has 1 heterocycles. The monoisotopic (exact) mass is 389 g/mol. The highest BCUT2D eigenvalue weighted by molar-refractivity contribution is 5.99. The lowest BCUT2D eigenvalue weighted by atomic mass is 9.98. The second-order valence-electron chi connectivity index (χ2n) is 7.81. The maximum Gasteiger partial charge on any atom is 0.309 e. The summed E-state index contributed by atoms with van der Waals surface area (Å²) in [7, 11) is 0. The third-order valence-corrected chi connectivity index (χ3v) is 4.25. The molecule has 1 aliphatic rings. The number of benzene rings is 1. The van der Waals surface area contributed by atoms with Crippen LogP contribution in [0.4, 0.5) is 0 Å². The van der Waals surface area contributed by atoms with E-state index in [0.717, 1.165) is 5.56 Å². The number of hydrogen-bond acceptors (Lipinski definition) is 6. The Labute approximate surface area is 165 Å². The SMILES string of the molecule is CC(C)(C)OC(=O)C[C@@H](CCC(=O)N1CCC1=O)C(=O)OCc1ccccc1. The summed E-state index contributed by atoms with van der Waals surface area (Å²) in [5.41, 5.74) is 0.157. The average molecular weight is 389 g/mol. The maximum absolute atomic E-state index is 12.5. The summed E-state index contributed by atoms with van der Waals surface area (Å²) in [6, 6.07) is 9.19. The van der Waals surface area contributed by atoms with Crippen molar-refractivity contribution in [3.63, 3.8) is 0 Å². The van der Waals surface area contributed by atoms with Gasteiger partial charge in [-0.15, -0.1) is 0 Å². The number of esters is 2. The van der Waals surface area contributed by atoms with E-state index in [0.29, 0.717) is 13.0 Å². The van der Waals surface area contributed by atoms with Crippen molar-refractivity contribution in [2.24, 2.45) is 5.92 Å². The predicted octanol–water partition coefficient (Wildman–Crippen LogP) is 2.62. The highest BCUT2D eigenvalue weighted by Gasteiger charge is 2.32. The van der Waals surface area contributed by atoms with Crippen LogP contribution < -0.4 is 0 Å². The van der Waals surface area contributed by atoms with E-state index in [-0.39, 0.29) is 37.7 Å². The molecule has 0 radical (unpaired) electrons. The van der Waals surface area contributed by atoms with Crippen LogP contribution in [0.2, 0.25) is 0 Å².